The molecule has 2 heteroatoms. The minimum atomic E-state index is 0.812. The molecule has 0 aromatic carbocycles. The van der Waals surface area contributed by atoms with Crippen LogP contribution in [0.1, 0.15) is 13.3 Å². The van der Waals surface area contributed by atoms with E-state index >= 15 is 0 Å². The topological polar surface area (TPSA) is 12.0 Å². The molecular formula is C6H11NS. The molecule has 0 aromatic heterocycles. The zero-order chi connectivity index (χ0) is 5.98. The Morgan fingerprint density at radius 3 is 2.75 bits per heavy atom. The van der Waals surface area contributed by atoms with Gasteiger partial charge in [-0.05, 0) is 13.3 Å². The summed E-state index contributed by atoms with van der Waals surface area (Å²) in [6, 6.07) is 0. The van der Waals surface area contributed by atoms with E-state index in [0.717, 1.165) is 11.8 Å². The van der Waals surface area contributed by atoms with E-state index in [0.29, 0.717) is 0 Å². The Kier molecular flexibility index (Phi) is 1.97. The third-order valence-electron chi connectivity index (χ3n) is 1.14. The van der Waals surface area contributed by atoms with Crippen LogP contribution >= 0.6 is 11.9 Å². The van der Waals surface area contributed by atoms with Crippen LogP contribution in [0.15, 0.2) is 12.2 Å². The SMILES string of the molecule is C=C(C)CC1CNS1. The Labute approximate surface area is 54.7 Å². The fourth-order valence-corrected chi connectivity index (χ4v) is 1.47. The van der Waals surface area contributed by atoms with Crippen molar-refractivity contribution in [2.75, 3.05) is 6.54 Å². The molecule has 1 unspecified atom stereocenters. The van der Waals surface area contributed by atoms with Gasteiger partial charge in [0.2, 0.25) is 0 Å². The fourth-order valence-electron chi connectivity index (χ4n) is 0.704. The quantitative estimate of drug-likeness (QED) is 0.448. The van der Waals surface area contributed by atoms with E-state index in [2.05, 4.69) is 18.2 Å². The number of allylic oxidation sites excluding steroid dienone is 1. The van der Waals surface area contributed by atoms with Gasteiger partial charge in [0, 0.05) is 11.8 Å². The van der Waals surface area contributed by atoms with Crippen LogP contribution in [0.4, 0.5) is 0 Å². The summed E-state index contributed by atoms with van der Waals surface area (Å²) in [5.41, 5.74) is 1.30. The van der Waals surface area contributed by atoms with Crippen LogP contribution in [0.2, 0.25) is 0 Å². The predicted octanol–water partition coefficient (Wildman–Crippen LogP) is 1.57. The molecule has 1 saturated heterocycles. The molecule has 0 aromatic rings. The summed E-state index contributed by atoms with van der Waals surface area (Å²) in [4.78, 5) is 0. The third-order valence-corrected chi connectivity index (χ3v) is 2.14. The molecule has 1 fully saturated rings. The largest absolute Gasteiger partial charge is 0.263 e. The molecule has 46 valence electrons. The van der Waals surface area contributed by atoms with E-state index in [-0.39, 0.29) is 0 Å². The van der Waals surface area contributed by atoms with E-state index in [1.54, 1.807) is 0 Å². The summed E-state index contributed by atoms with van der Waals surface area (Å²) in [6.07, 6.45) is 1.18. The standard InChI is InChI=1S/C6H11NS/c1-5(2)3-6-4-7-8-6/h6-7H,1,3-4H2,2H3. The van der Waals surface area contributed by atoms with Crippen molar-refractivity contribution < 1.29 is 0 Å². The first-order valence-electron chi connectivity index (χ1n) is 2.82. The van der Waals surface area contributed by atoms with Gasteiger partial charge < -0.3 is 0 Å². The average molecular weight is 129 g/mol. The maximum atomic E-state index is 3.84. The van der Waals surface area contributed by atoms with Gasteiger partial charge in [-0.2, -0.15) is 0 Å². The highest BCUT2D eigenvalue weighted by atomic mass is 32.2. The lowest BCUT2D eigenvalue weighted by atomic mass is 10.2. The lowest BCUT2D eigenvalue weighted by Gasteiger charge is -2.25. The fraction of sp³-hybridized carbons (Fsp3) is 0.667. The number of hydrogen-bond donors (Lipinski definition) is 1. The van der Waals surface area contributed by atoms with Crippen LogP contribution in [0.25, 0.3) is 0 Å². The molecular weight excluding hydrogens is 118 g/mol. The van der Waals surface area contributed by atoms with Gasteiger partial charge in [0.15, 0.2) is 0 Å². The van der Waals surface area contributed by atoms with E-state index in [4.69, 9.17) is 0 Å². The van der Waals surface area contributed by atoms with E-state index in [1.165, 1.54) is 12.0 Å². The molecule has 0 spiro atoms. The van der Waals surface area contributed by atoms with Gasteiger partial charge in [-0.1, -0.05) is 17.5 Å². The molecule has 1 aliphatic heterocycles. The van der Waals surface area contributed by atoms with Gasteiger partial charge in [0.05, 0.1) is 0 Å². The smallest absolute Gasteiger partial charge is 0.0363 e. The van der Waals surface area contributed by atoms with Crippen molar-refractivity contribution in [2.24, 2.45) is 0 Å². The minimum Gasteiger partial charge on any atom is -0.263 e. The summed E-state index contributed by atoms with van der Waals surface area (Å²) < 4.78 is 3.14. The summed E-state index contributed by atoms with van der Waals surface area (Å²) in [7, 11) is 0. The minimum absolute atomic E-state index is 0.812. The molecule has 0 radical (unpaired) electrons. The van der Waals surface area contributed by atoms with Crippen LogP contribution in [0.3, 0.4) is 0 Å². The maximum Gasteiger partial charge on any atom is 0.0363 e. The van der Waals surface area contributed by atoms with Crippen molar-refractivity contribution in [1.29, 1.82) is 0 Å². The maximum absolute atomic E-state index is 3.84. The molecule has 1 nitrogen and oxygen atoms in total. The summed E-state index contributed by atoms with van der Waals surface area (Å²) in [5, 5.41) is 0.812. The lowest BCUT2D eigenvalue weighted by molar-refractivity contribution is 0.752. The highest BCUT2D eigenvalue weighted by Crippen LogP contribution is 2.21. The van der Waals surface area contributed by atoms with Gasteiger partial charge in [-0.3, -0.25) is 4.72 Å². The predicted molar refractivity (Wildman–Crippen MR) is 38.8 cm³/mol. The molecule has 0 aliphatic carbocycles. The Morgan fingerprint density at radius 2 is 2.62 bits per heavy atom. The van der Waals surface area contributed by atoms with Gasteiger partial charge in [0.1, 0.15) is 0 Å². The molecule has 8 heavy (non-hydrogen) atoms. The Morgan fingerprint density at radius 1 is 2.00 bits per heavy atom. The molecule has 0 saturated carbocycles. The van der Waals surface area contributed by atoms with Crippen molar-refractivity contribution in [3.8, 4) is 0 Å². The molecule has 1 aliphatic rings. The van der Waals surface area contributed by atoms with Crippen LogP contribution in [0, 0.1) is 0 Å². The lowest BCUT2D eigenvalue weighted by Crippen LogP contribution is -2.33. The second-order valence-electron chi connectivity index (χ2n) is 2.25. The van der Waals surface area contributed by atoms with Crippen molar-refractivity contribution >= 4 is 11.9 Å². The van der Waals surface area contributed by atoms with E-state index < -0.39 is 0 Å². The molecule has 0 bridgehead atoms. The van der Waals surface area contributed by atoms with Crippen LogP contribution in [-0.4, -0.2) is 11.8 Å². The van der Waals surface area contributed by atoms with Gasteiger partial charge in [0.25, 0.3) is 0 Å². The number of rotatable bonds is 2. The van der Waals surface area contributed by atoms with Crippen LogP contribution < -0.4 is 4.72 Å². The number of hydrogen-bond acceptors (Lipinski definition) is 2. The Balaban J connectivity index is 2.09. The normalized spacial score (nSPS) is 26.9. The summed E-state index contributed by atoms with van der Waals surface area (Å²) in [5.74, 6) is 0. The van der Waals surface area contributed by atoms with Crippen LogP contribution in [-0.2, 0) is 0 Å². The van der Waals surface area contributed by atoms with Crippen molar-refractivity contribution in [1.82, 2.24) is 4.72 Å². The zero-order valence-electron chi connectivity index (χ0n) is 5.11. The second-order valence-corrected chi connectivity index (χ2v) is 3.44. The summed E-state index contributed by atoms with van der Waals surface area (Å²) in [6.45, 7) is 7.08. The molecule has 1 N–H and O–H groups in total. The highest BCUT2D eigenvalue weighted by molar-refractivity contribution is 7.99. The molecule has 0 amide bonds. The van der Waals surface area contributed by atoms with Gasteiger partial charge in [-0.15, -0.1) is 6.58 Å². The first-order chi connectivity index (χ1) is 3.79. The van der Waals surface area contributed by atoms with Crippen molar-refractivity contribution in [2.45, 2.75) is 18.6 Å². The van der Waals surface area contributed by atoms with Crippen molar-refractivity contribution in [3.05, 3.63) is 12.2 Å². The van der Waals surface area contributed by atoms with E-state index in [1.807, 2.05) is 11.9 Å². The van der Waals surface area contributed by atoms with Gasteiger partial charge >= 0.3 is 0 Å². The second kappa shape index (κ2) is 2.55. The van der Waals surface area contributed by atoms with Gasteiger partial charge in [-0.25, -0.2) is 0 Å². The Bertz CT molecular complexity index is 96.7. The Hall–Kier alpha value is 0.0500. The first-order valence-corrected chi connectivity index (χ1v) is 3.70. The first kappa shape index (κ1) is 6.17. The van der Waals surface area contributed by atoms with E-state index in [9.17, 15) is 0 Å². The highest BCUT2D eigenvalue weighted by Gasteiger charge is 2.16. The zero-order valence-corrected chi connectivity index (χ0v) is 5.92. The van der Waals surface area contributed by atoms with Crippen LogP contribution in [0.5, 0.6) is 0 Å². The molecule has 1 heterocycles. The molecule has 1 atom stereocenters. The number of nitrogens with one attached hydrogen (secondary N) is 1. The monoisotopic (exact) mass is 129 g/mol. The average Bonchev–Trinajstić information content (AvgIpc) is 1.55. The van der Waals surface area contributed by atoms with Crippen molar-refractivity contribution in [3.63, 3.8) is 0 Å². The third kappa shape index (κ3) is 1.53. The molecule has 1 rings (SSSR count). The summed E-state index contributed by atoms with van der Waals surface area (Å²) >= 11 is 1.82.